The van der Waals surface area contributed by atoms with Crippen molar-refractivity contribution >= 4 is 22.9 Å². The normalized spacial score (nSPS) is 36.9. The molecule has 2 saturated carbocycles. The highest BCUT2D eigenvalue weighted by atomic mass is 19.1. The number of aliphatic hydroxyl groups is 1. The molecule has 2 amide bonds. The predicted octanol–water partition coefficient (Wildman–Crippen LogP) is 4.83. The molecule has 9 heteroatoms. The lowest BCUT2D eigenvalue weighted by molar-refractivity contribution is -0.0693. The molecular weight excluding hydrogens is 497 g/mol. The van der Waals surface area contributed by atoms with Gasteiger partial charge in [-0.25, -0.2) is 19.1 Å². The molecule has 2 N–H and O–H groups in total. The third-order valence-electron chi connectivity index (χ3n) is 10.4. The first-order valence-corrected chi connectivity index (χ1v) is 14.8. The number of amides is 2. The van der Waals surface area contributed by atoms with Crippen molar-refractivity contribution in [1.82, 2.24) is 19.8 Å². The van der Waals surface area contributed by atoms with E-state index in [1.165, 1.54) is 44.9 Å². The highest BCUT2D eigenvalue weighted by Crippen LogP contribution is 2.48. The van der Waals surface area contributed by atoms with E-state index in [0.29, 0.717) is 29.6 Å². The van der Waals surface area contributed by atoms with Gasteiger partial charge in [0.2, 0.25) is 5.82 Å². The predicted molar refractivity (Wildman–Crippen MR) is 147 cm³/mol. The van der Waals surface area contributed by atoms with E-state index in [1.807, 2.05) is 28.8 Å². The number of anilines is 1. The van der Waals surface area contributed by atoms with Gasteiger partial charge in [0, 0.05) is 24.2 Å². The van der Waals surface area contributed by atoms with Crippen LogP contribution >= 0.6 is 0 Å². The van der Waals surface area contributed by atoms with Gasteiger partial charge in [-0.15, -0.1) is 0 Å². The molecule has 0 spiro atoms. The number of carbonyl (C=O) groups is 1. The Balaban J connectivity index is 1.27. The summed E-state index contributed by atoms with van der Waals surface area (Å²) < 4.78 is 16.1. The Morgan fingerprint density at radius 3 is 2.51 bits per heavy atom. The Kier molecular flexibility index (Phi) is 6.27. The summed E-state index contributed by atoms with van der Waals surface area (Å²) in [6, 6.07) is 8.17. The minimum atomic E-state index is -1.72. The molecule has 4 heterocycles. The first-order chi connectivity index (χ1) is 18.9. The van der Waals surface area contributed by atoms with Crippen LogP contribution in [0.5, 0.6) is 0 Å². The second-order valence-corrected chi connectivity index (χ2v) is 12.7. The lowest BCUT2D eigenvalue weighted by Gasteiger charge is -2.57. The fourth-order valence-electron chi connectivity index (χ4n) is 8.69. The Labute approximate surface area is 227 Å². The maximum atomic E-state index is 14.3. The van der Waals surface area contributed by atoms with Crippen molar-refractivity contribution in [3.63, 3.8) is 0 Å². The molecule has 7 unspecified atom stereocenters. The molecule has 2 saturated heterocycles. The zero-order valence-corrected chi connectivity index (χ0v) is 22.5. The monoisotopic (exact) mass is 535 g/mol. The van der Waals surface area contributed by atoms with Crippen LogP contribution in [0.2, 0.25) is 0 Å². The number of urea groups is 1. The minimum absolute atomic E-state index is 0.0338. The van der Waals surface area contributed by atoms with Crippen LogP contribution in [0.4, 0.5) is 15.0 Å². The van der Waals surface area contributed by atoms with Gasteiger partial charge in [0.1, 0.15) is 0 Å². The van der Waals surface area contributed by atoms with Crippen molar-refractivity contribution in [2.24, 2.45) is 17.8 Å². The Hall–Kier alpha value is -2.78. The molecule has 7 rings (SSSR count). The largest absolute Gasteiger partial charge is 0.367 e. The summed E-state index contributed by atoms with van der Waals surface area (Å²) in [5.74, 6) is 1.21. The van der Waals surface area contributed by atoms with Gasteiger partial charge >= 0.3 is 6.03 Å². The lowest BCUT2D eigenvalue weighted by atomic mass is 9.67. The average Bonchev–Trinajstić information content (AvgIpc) is 2.92. The molecule has 4 fully saturated rings. The number of nitrogens with zero attached hydrogens (tertiary/aromatic N) is 4. The van der Waals surface area contributed by atoms with Gasteiger partial charge in [-0.1, -0.05) is 38.3 Å². The summed E-state index contributed by atoms with van der Waals surface area (Å²) in [4.78, 5) is 35.0. The number of benzene rings is 1. The van der Waals surface area contributed by atoms with Gasteiger partial charge in [0.05, 0.1) is 17.2 Å². The van der Waals surface area contributed by atoms with Crippen molar-refractivity contribution in [3.05, 3.63) is 46.6 Å². The summed E-state index contributed by atoms with van der Waals surface area (Å²) in [6.45, 7) is 2.37. The molecule has 1 aromatic carbocycles. The second-order valence-electron chi connectivity index (χ2n) is 12.7. The molecule has 2 aliphatic carbocycles. The zero-order chi connectivity index (χ0) is 26.8. The van der Waals surface area contributed by atoms with Crippen molar-refractivity contribution < 1.29 is 14.3 Å². The van der Waals surface area contributed by atoms with Crippen molar-refractivity contribution in [2.45, 2.75) is 102 Å². The van der Waals surface area contributed by atoms with Crippen molar-refractivity contribution in [3.8, 4) is 0 Å². The van der Waals surface area contributed by atoms with E-state index in [9.17, 15) is 19.1 Å². The van der Waals surface area contributed by atoms with Crippen LogP contribution < -0.4 is 15.8 Å². The van der Waals surface area contributed by atoms with E-state index >= 15 is 0 Å². The van der Waals surface area contributed by atoms with Crippen LogP contribution in [0.25, 0.3) is 11.0 Å². The van der Waals surface area contributed by atoms with Gasteiger partial charge in [-0.3, -0.25) is 9.69 Å². The molecule has 5 aliphatic rings. The van der Waals surface area contributed by atoms with E-state index in [1.54, 1.807) is 0 Å². The molecule has 3 aliphatic heterocycles. The van der Waals surface area contributed by atoms with Gasteiger partial charge in [0.25, 0.3) is 5.56 Å². The highest BCUT2D eigenvalue weighted by Gasteiger charge is 2.47. The minimum Gasteiger partial charge on any atom is -0.367 e. The maximum Gasteiger partial charge on any atom is 0.329 e. The number of halogens is 1. The number of aromatic nitrogens is 2. The number of aliphatic hydroxyl groups excluding tert-OH is 1. The lowest BCUT2D eigenvalue weighted by Crippen LogP contribution is -2.61. The number of hydrogen-bond donors (Lipinski definition) is 2. The van der Waals surface area contributed by atoms with E-state index in [-0.39, 0.29) is 11.9 Å². The number of fused-ring (bicyclic) bond motifs is 5. The van der Waals surface area contributed by atoms with Crippen LogP contribution in [-0.2, 0) is 0 Å². The summed E-state index contributed by atoms with van der Waals surface area (Å²) in [6.07, 6.45) is 11.5. The Morgan fingerprint density at radius 1 is 0.949 bits per heavy atom. The number of rotatable bonds is 3. The standard InChI is InChI=1S/C30H38FN5O3/c1-17-9-10-20-14-22(15-26(17)35(20)21-12-18-5-4-6-19(11-18)13-21)36-25-8-3-2-7-24(25)32-27(29(36)38)34-16-23(31)28(37)33-30(34)39/h2-3,7-8,16-22,26,28,37H,4-6,9-15H2,1H3,(H,33,39). The van der Waals surface area contributed by atoms with Crippen molar-refractivity contribution in [1.29, 1.82) is 0 Å². The van der Waals surface area contributed by atoms with Gasteiger partial charge < -0.3 is 15.0 Å². The summed E-state index contributed by atoms with van der Waals surface area (Å²) in [7, 11) is 0. The third-order valence-corrected chi connectivity index (χ3v) is 10.4. The third kappa shape index (κ3) is 4.29. The number of para-hydroxylation sites is 2. The number of nitrogens with one attached hydrogen (secondary N) is 1. The van der Waals surface area contributed by atoms with Crippen molar-refractivity contribution in [2.75, 3.05) is 4.90 Å². The molecular formula is C30H38FN5O3. The first kappa shape index (κ1) is 25.2. The van der Waals surface area contributed by atoms with E-state index in [4.69, 9.17) is 0 Å². The molecule has 39 heavy (non-hydrogen) atoms. The smallest absolute Gasteiger partial charge is 0.329 e. The highest BCUT2D eigenvalue weighted by molar-refractivity contribution is 5.95. The van der Waals surface area contributed by atoms with Gasteiger partial charge in [-0.05, 0) is 74.8 Å². The van der Waals surface area contributed by atoms with E-state index in [0.717, 1.165) is 47.7 Å². The molecule has 8 nitrogen and oxygen atoms in total. The molecule has 2 aromatic rings. The average molecular weight is 536 g/mol. The zero-order valence-electron chi connectivity index (χ0n) is 22.5. The number of hydrogen-bond acceptors (Lipinski definition) is 5. The fraction of sp³-hybridized carbons (Fsp3) is 0.633. The summed E-state index contributed by atoms with van der Waals surface area (Å²) in [5, 5.41) is 11.9. The number of carbonyl (C=O) groups excluding carboxylic acids is 1. The summed E-state index contributed by atoms with van der Waals surface area (Å²) >= 11 is 0. The Bertz CT molecular complexity index is 1360. The van der Waals surface area contributed by atoms with Crippen LogP contribution in [0.15, 0.2) is 41.1 Å². The van der Waals surface area contributed by atoms with Gasteiger partial charge in [0.15, 0.2) is 12.1 Å². The number of piperidine rings is 2. The molecule has 4 bridgehead atoms. The molecule has 208 valence electrons. The molecule has 7 atom stereocenters. The van der Waals surface area contributed by atoms with Gasteiger partial charge in [-0.2, -0.15) is 0 Å². The van der Waals surface area contributed by atoms with E-state index < -0.39 is 23.6 Å². The summed E-state index contributed by atoms with van der Waals surface area (Å²) in [5.41, 5.74) is 0.922. The second kappa shape index (κ2) is 9.70. The van der Waals surface area contributed by atoms with E-state index in [2.05, 4.69) is 22.1 Å². The topological polar surface area (TPSA) is 90.7 Å². The Morgan fingerprint density at radius 2 is 1.72 bits per heavy atom. The fourth-order valence-corrected chi connectivity index (χ4v) is 8.69. The quantitative estimate of drug-likeness (QED) is 0.588. The van der Waals surface area contributed by atoms with Crippen LogP contribution in [0.1, 0.15) is 77.2 Å². The van der Waals surface area contributed by atoms with Crippen LogP contribution in [-0.4, -0.2) is 49.9 Å². The molecule has 0 radical (unpaired) electrons. The molecule has 1 aromatic heterocycles. The van der Waals surface area contributed by atoms with Crippen LogP contribution in [0.3, 0.4) is 0 Å². The first-order valence-electron chi connectivity index (χ1n) is 14.8. The maximum absolute atomic E-state index is 14.3. The SMILES string of the molecule is CC1CCC2CC(n3c(=O)c(N4C=C(F)C(O)NC4=O)nc4ccccc43)CC1N2C1CC2CCCC(C2)C1. The van der Waals surface area contributed by atoms with Crippen LogP contribution in [0, 0.1) is 17.8 Å².